The van der Waals surface area contributed by atoms with E-state index in [2.05, 4.69) is 27.1 Å². The minimum atomic E-state index is -1.03. The Labute approximate surface area is 136 Å². The van der Waals surface area contributed by atoms with Gasteiger partial charge in [-0.2, -0.15) is 0 Å². The summed E-state index contributed by atoms with van der Waals surface area (Å²) in [6.45, 7) is -0.401. The number of rotatable bonds is 4. The molecule has 0 aliphatic rings. The van der Waals surface area contributed by atoms with Gasteiger partial charge in [-0.3, -0.25) is 4.98 Å². The predicted octanol–water partition coefficient (Wildman–Crippen LogP) is 3.24. The van der Waals surface area contributed by atoms with Crippen molar-refractivity contribution in [3.05, 3.63) is 55.0 Å². The monoisotopic (exact) mass is 319 g/mol. The summed E-state index contributed by atoms with van der Waals surface area (Å²) in [5.41, 5.74) is 4.02. The number of ether oxygens (including phenoxy) is 1. The number of aromatic nitrogens is 3. The fraction of sp³-hybridized carbons (Fsp3) is 0.0556. The molecule has 0 aliphatic heterocycles. The Bertz CT molecular complexity index is 1040. The average Bonchev–Trinajstić information content (AvgIpc) is 2.98. The van der Waals surface area contributed by atoms with Gasteiger partial charge in [-0.05, 0) is 23.8 Å². The van der Waals surface area contributed by atoms with Crippen LogP contribution in [0.2, 0.25) is 0 Å². The minimum Gasteiger partial charge on any atom is -0.479 e. The molecule has 0 atom stereocenters. The lowest BCUT2D eigenvalue weighted by atomic mass is 10.1. The van der Waals surface area contributed by atoms with Crippen LogP contribution in [0.4, 0.5) is 0 Å². The summed E-state index contributed by atoms with van der Waals surface area (Å²) in [5, 5.41) is 10.8. The molecule has 0 radical (unpaired) electrons. The number of aliphatic carboxylic acids is 1. The Kier molecular flexibility index (Phi) is 3.35. The molecular formula is C18H13N3O3. The van der Waals surface area contributed by atoms with Crippen molar-refractivity contribution in [1.82, 2.24) is 15.0 Å². The summed E-state index contributed by atoms with van der Waals surface area (Å²) in [5.74, 6) is -0.737. The third-order valence-electron chi connectivity index (χ3n) is 3.81. The van der Waals surface area contributed by atoms with Crippen LogP contribution in [0, 0.1) is 0 Å². The number of hydrogen-bond donors (Lipinski definition) is 2. The highest BCUT2D eigenvalue weighted by Gasteiger charge is 2.07. The summed E-state index contributed by atoms with van der Waals surface area (Å²) in [6, 6.07) is 11.6. The van der Waals surface area contributed by atoms with Gasteiger partial charge in [0.15, 0.2) is 6.61 Å². The minimum absolute atomic E-state index is 0.291. The quantitative estimate of drug-likeness (QED) is 0.603. The summed E-state index contributed by atoms with van der Waals surface area (Å²) < 4.78 is 5.04. The first kappa shape index (κ1) is 14.2. The predicted molar refractivity (Wildman–Crippen MR) is 90.0 cm³/mol. The van der Waals surface area contributed by atoms with E-state index in [1.807, 2.05) is 24.4 Å². The van der Waals surface area contributed by atoms with Crippen molar-refractivity contribution in [1.29, 1.82) is 0 Å². The zero-order chi connectivity index (χ0) is 16.5. The second kappa shape index (κ2) is 5.66. The number of carboxylic acid groups (broad SMARTS) is 1. The van der Waals surface area contributed by atoms with Gasteiger partial charge < -0.3 is 14.8 Å². The van der Waals surface area contributed by atoms with Gasteiger partial charge in [0.25, 0.3) is 0 Å². The van der Waals surface area contributed by atoms with Crippen molar-refractivity contribution in [2.75, 3.05) is 6.61 Å². The lowest BCUT2D eigenvalue weighted by Gasteiger charge is -2.05. The first-order valence-electron chi connectivity index (χ1n) is 7.37. The molecule has 3 aromatic heterocycles. The molecule has 6 heteroatoms. The van der Waals surface area contributed by atoms with Gasteiger partial charge in [-0.1, -0.05) is 12.1 Å². The highest BCUT2D eigenvalue weighted by molar-refractivity contribution is 6.07. The standard InChI is InChI=1S/C18H13N3O3/c22-18(23)10-24-17-4-2-12(8-20-17)11-1-3-13-14-9-19-6-5-15(14)21-16(13)7-11/h1-9,21H,10H2,(H,22,23). The Morgan fingerprint density at radius 1 is 1.04 bits per heavy atom. The van der Waals surface area contributed by atoms with Crippen molar-refractivity contribution in [2.45, 2.75) is 0 Å². The molecule has 4 aromatic rings. The van der Waals surface area contributed by atoms with Crippen molar-refractivity contribution in [3.8, 4) is 17.0 Å². The van der Waals surface area contributed by atoms with E-state index in [1.165, 1.54) is 0 Å². The van der Waals surface area contributed by atoms with Crippen LogP contribution in [0.15, 0.2) is 55.0 Å². The molecule has 0 saturated heterocycles. The second-order valence-corrected chi connectivity index (χ2v) is 5.37. The van der Waals surface area contributed by atoms with Crippen LogP contribution in [-0.2, 0) is 4.79 Å². The van der Waals surface area contributed by atoms with E-state index in [4.69, 9.17) is 9.84 Å². The number of benzene rings is 1. The SMILES string of the molecule is O=C(O)COc1ccc(-c2ccc3c(c2)[nH]c2ccncc23)cn1. The zero-order valence-corrected chi connectivity index (χ0v) is 12.6. The molecule has 0 amide bonds. The third kappa shape index (κ3) is 2.54. The van der Waals surface area contributed by atoms with Gasteiger partial charge in [-0.15, -0.1) is 0 Å². The van der Waals surface area contributed by atoms with Gasteiger partial charge in [0.05, 0.1) is 0 Å². The summed E-state index contributed by atoms with van der Waals surface area (Å²) in [6.07, 6.45) is 5.28. The lowest BCUT2D eigenvalue weighted by molar-refractivity contribution is -0.139. The smallest absolute Gasteiger partial charge is 0.341 e. The van der Waals surface area contributed by atoms with E-state index in [0.717, 1.165) is 32.9 Å². The van der Waals surface area contributed by atoms with Crippen LogP contribution in [0.1, 0.15) is 0 Å². The largest absolute Gasteiger partial charge is 0.479 e. The fourth-order valence-electron chi connectivity index (χ4n) is 2.70. The maximum Gasteiger partial charge on any atom is 0.341 e. The number of H-pyrrole nitrogens is 1. The molecule has 6 nitrogen and oxygen atoms in total. The Morgan fingerprint density at radius 3 is 2.71 bits per heavy atom. The van der Waals surface area contributed by atoms with E-state index in [9.17, 15) is 4.79 Å². The Balaban J connectivity index is 1.68. The molecule has 118 valence electrons. The van der Waals surface area contributed by atoms with Crippen LogP contribution in [0.25, 0.3) is 32.9 Å². The Morgan fingerprint density at radius 2 is 1.92 bits per heavy atom. The van der Waals surface area contributed by atoms with Crippen LogP contribution in [0.3, 0.4) is 0 Å². The number of carbonyl (C=O) groups is 1. The molecule has 2 N–H and O–H groups in total. The van der Waals surface area contributed by atoms with Gasteiger partial charge in [0.2, 0.25) is 5.88 Å². The lowest BCUT2D eigenvalue weighted by Crippen LogP contribution is -2.10. The van der Waals surface area contributed by atoms with Crippen molar-refractivity contribution < 1.29 is 14.6 Å². The van der Waals surface area contributed by atoms with Crippen LogP contribution >= 0.6 is 0 Å². The molecule has 4 rings (SSSR count). The molecule has 0 spiro atoms. The molecule has 0 aliphatic carbocycles. The van der Waals surface area contributed by atoms with Gasteiger partial charge in [0, 0.05) is 52.0 Å². The number of carboxylic acids is 1. The van der Waals surface area contributed by atoms with Crippen molar-refractivity contribution >= 4 is 27.8 Å². The van der Waals surface area contributed by atoms with E-state index in [1.54, 1.807) is 18.5 Å². The van der Waals surface area contributed by atoms with E-state index in [-0.39, 0.29) is 0 Å². The molecular weight excluding hydrogens is 306 g/mol. The van der Waals surface area contributed by atoms with Crippen LogP contribution in [-0.4, -0.2) is 32.6 Å². The number of nitrogens with zero attached hydrogens (tertiary/aromatic N) is 2. The number of aromatic amines is 1. The molecule has 1 aromatic carbocycles. The second-order valence-electron chi connectivity index (χ2n) is 5.37. The third-order valence-corrected chi connectivity index (χ3v) is 3.81. The van der Waals surface area contributed by atoms with E-state index in [0.29, 0.717) is 5.88 Å². The molecule has 3 heterocycles. The fourth-order valence-corrected chi connectivity index (χ4v) is 2.70. The van der Waals surface area contributed by atoms with E-state index < -0.39 is 12.6 Å². The first-order chi connectivity index (χ1) is 11.7. The van der Waals surface area contributed by atoms with E-state index >= 15 is 0 Å². The molecule has 0 saturated carbocycles. The summed E-state index contributed by atoms with van der Waals surface area (Å²) in [4.78, 5) is 22.2. The van der Waals surface area contributed by atoms with Crippen molar-refractivity contribution in [3.63, 3.8) is 0 Å². The zero-order valence-electron chi connectivity index (χ0n) is 12.6. The summed E-state index contributed by atoms with van der Waals surface area (Å²) in [7, 11) is 0. The molecule has 0 fully saturated rings. The number of hydrogen-bond acceptors (Lipinski definition) is 4. The van der Waals surface area contributed by atoms with Gasteiger partial charge in [-0.25, -0.2) is 9.78 Å². The highest BCUT2D eigenvalue weighted by atomic mass is 16.5. The van der Waals surface area contributed by atoms with Gasteiger partial charge in [0.1, 0.15) is 0 Å². The molecule has 0 bridgehead atoms. The van der Waals surface area contributed by atoms with Crippen LogP contribution in [0.5, 0.6) is 5.88 Å². The van der Waals surface area contributed by atoms with Crippen molar-refractivity contribution in [2.24, 2.45) is 0 Å². The van der Waals surface area contributed by atoms with Gasteiger partial charge >= 0.3 is 5.97 Å². The maximum absolute atomic E-state index is 10.5. The number of pyridine rings is 2. The van der Waals surface area contributed by atoms with Crippen LogP contribution < -0.4 is 4.74 Å². The molecule has 24 heavy (non-hydrogen) atoms. The normalized spacial score (nSPS) is 11.0. The Hall–Kier alpha value is -3.41. The first-order valence-corrected chi connectivity index (χ1v) is 7.37. The average molecular weight is 319 g/mol. The molecule has 0 unspecified atom stereocenters. The topological polar surface area (TPSA) is 88.1 Å². The highest BCUT2D eigenvalue weighted by Crippen LogP contribution is 2.29. The maximum atomic E-state index is 10.5. The number of nitrogens with one attached hydrogen (secondary N) is 1. The number of fused-ring (bicyclic) bond motifs is 3. The summed E-state index contributed by atoms with van der Waals surface area (Å²) >= 11 is 0.